The van der Waals surface area contributed by atoms with Crippen molar-refractivity contribution >= 4 is 11.9 Å². The topological polar surface area (TPSA) is 15.6 Å². The van der Waals surface area contributed by atoms with Gasteiger partial charge in [0.25, 0.3) is 0 Å². The highest BCUT2D eigenvalue weighted by Crippen LogP contribution is 2.26. The quantitative estimate of drug-likeness (QED) is 0.706. The van der Waals surface area contributed by atoms with Crippen LogP contribution in [0.25, 0.3) is 0 Å². The predicted octanol–water partition coefficient (Wildman–Crippen LogP) is 2.83. The highest BCUT2D eigenvalue weighted by atomic mass is 15.1. The van der Waals surface area contributed by atoms with Crippen molar-refractivity contribution in [3.05, 3.63) is 42.0 Å². The van der Waals surface area contributed by atoms with Gasteiger partial charge in [-0.05, 0) is 30.0 Å². The Hall–Kier alpha value is -1.57. The van der Waals surface area contributed by atoms with Crippen molar-refractivity contribution in [3.63, 3.8) is 0 Å². The number of fused-ring (bicyclic) bond motifs is 1. The molecule has 0 spiro atoms. The smallest absolute Gasteiger partial charge is 0.0639 e. The fourth-order valence-electron chi connectivity index (χ4n) is 2.17. The number of hydrogen-bond donors (Lipinski definition) is 0. The molecule has 1 aliphatic rings. The number of allylic oxidation sites excluding steroid dienone is 1. The molecule has 0 amide bonds. The molecule has 2 nitrogen and oxygen atoms in total. The van der Waals surface area contributed by atoms with Crippen LogP contribution in [0.15, 0.2) is 35.8 Å². The van der Waals surface area contributed by atoms with E-state index in [0.717, 1.165) is 6.54 Å². The molecule has 0 unspecified atom stereocenters. The molecule has 0 radical (unpaired) electrons. The van der Waals surface area contributed by atoms with Crippen molar-refractivity contribution in [1.82, 2.24) is 0 Å². The van der Waals surface area contributed by atoms with Crippen molar-refractivity contribution in [2.45, 2.75) is 19.4 Å². The highest BCUT2D eigenvalue weighted by molar-refractivity contribution is 5.70. The molecular formula is C14H18N2. The number of nitrogens with zero attached hydrogens (tertiary/aromatic N) is 2. The lowest BCUT2D eigenvalue weighted by Crippen LogP contribution is -2.24. The number of rotatable bonds is 3. The van der Waals surface area contributed by atoms with Crippen LogP contribution in [0.1, 0.15) is 17.5 Å². The summed E-state index contributed by atoms with van der Waals surface area (Å²) in [5.74, 6) is 0. The van der Waals surface area contributed by atoms with E-state index in [0.29, 0.717) is 0 Å². The van der Waals surface area contributed by atoms with Gasteiger partial charge in [-0.1, -0.05) is 24.8 Å². The van der Waals surface area contributed by atoms with Crippen molar-refractivity contribution < 1.29 is 0 Å². The molecule has 1 aliphatic heterocycles. The second-order valence-electron chi connectivity index (χ2n) is 4.21. The minimum absolute atomic E-state index is 0.753. The second kappa shape index (κ2) is 4.97. The lowest BCUT2D eigenvalue weighted by atomic mass is 10.00. The summed E-state index contributed by atoms with van der Waals surface area (Å²) < 4.78 is 0. The van der Waals surface area contributed by atoms with Gasteiger partial charge < -0.3 is 4.90 Å². The number of aryl methyl sites for hydroxylation is 1. The van der Waals surface area contributed by atoms with Gasteiger partial charge in [-0.2, -0.15) is 0 Å². The van der Waals surface area contributed by atoms with Gasteiger partial charge in [-0.15, -0.1) is 0 Å². The van der Waals surface area contributed by atoms with Crippen LogP contribution in [0.3, 0.4) is 0 Å². The molecular weight excluding hydrogens is 196 g/mol. The Labute approximate surface area is 97.3 Å². The maximum atomic E-state index is 4.27. The summed E-state index contributed by atoms with van der Waals surface area (Å²) in [6, 6.07) is 6.67. The second-order valence-corrected chi connectivity index (χ2v) is 4.21. The molecule has 0 saturated carbocycles. The Balaban J connectivity index is 2.18. The van der Waals surface area contributed by atoms with Gasteiger partial charge >= 0.3 is 0 Å². The molecule has 1 aromatic carbocycles. The maximum absolute atomic E-state index is 4.27. The molecule has 2 rings (SSSR count). The molecule has 1 aromatic rings. The molecule has 0 atom stereocenters. The zero-order valence-corrected chi connectivity index (χ0v) is 9.82. The minimum Gasteiger partial charge on any atom is -0.374 e. The summed E-state index contributed by atoms with van der Waals surface area (Å²) in [7, 11) is 2.16. The Kier molecular flexibility index (Phi) is 3.40. The lowest BCUT2D eigenvalue weighted by molar-refractivity contribution is 0.743. The van der Waals surface area contributed by atoms with Crippen LogP contribution in [-0.4, -0.2) is 19.8 Å². The molecule has 0 saturated heterocycles. The van der Waals surface area contributed by atoms with E-state index in [1.807, 2.05) is 0 Å². The van der Waals surface area contributed by atoms with Crippen molar-refractivity contribution in [3.8, 4) is 0 Å². The van der Waals surface area contributed by atoms with E-state index >= 15 is 0 Å². The van der Waals surface area contributed by atoms with Gasteiger partial charge in [0.15, 0.2) is 0 Å². The van der Waals surface area contributed by atoms with Crippen LogP contribution < -0.4 is 4.90 Å². The summed E-state index contributed by atoms with van der Waals surface area (Å²) in [6.45, 7) is 5.54. The first kappa shape index (κ1) is 10.9. The van der Waals surface area contributed by atoms with E-state index in [2.05, 4.69) is 41.7 Å². The summed E-state index contributed by atoms with van der Waals surface area (Å²) in [6.07, 6.45) is 5.92. The first-order chi connectivity index (χ1) is 7.81. The van der Waals surface area contributed by atoms with Crippen molar-refractivity contribution in [2.24, 2.45) is 4.99 Å². The van der Waals surface area contributed by atoms with Gasteiger partial charge in [0, 0.05) is 25.5 Å². The molecule has 0 fully saturated rings. The fraction of sp³-hybridized carbons (Fsp3) is 0.357. The number of benzene rings is 1. The minimum atomic E-state index is 0.753. The van der Waals surface area contributed by atoms with E-state index in [1.165, 1.54) is 36.2 Å². The van der Waals surface area contributed by atoms with Gasteiger partial charge in [0.05, 0.1) is 6.54 Å². The van der Waals surface area contributed by atoms with Gasteiger partial charge in [0.1, 0.15) is 0 Å². The number of anilines is 1. The SMILES string of the molecule is C=CC=NCc1ccc2c(c1)CCCN2C. The Bertz CT molecular complexity index is 407. The van der Waals surface area contributed by atoms with E-state index in [1.54, 1.807) is 12.3 Å². The number of hydrogen-bond acceptors (Lipinski definition) is 2. The fourth-order valence-corrected chi connectivity index (χ4v) is 2.17. The maximum Gasteiger partial charge on any atom is 0.0639 e. The van der Waals surface area contributed by atoms with Crippen LogP contribution >= 0.6 is 0 Å². The standard InChI is InChI=1S/C14H18N2/c1-3-8-15-11-12-6-7-14-13(10-12)5-4-9-16(14)2/h3,6-8,10H,1,4-5,9,11H2,2H3. The normalized spacial score (nSPS) is 15.2. The largest absolute Gasteiger partial charge is 0.374 e. The Morgan fingerprint density at radius 1 is 1.50 bits per heavy atom. The summed E-state index contributed by atoms with van der Waals surface area (Å²) in [4.78, 5) is 6.60. The predicted molar refractivity (Wildman–Crippen MR) is 70.4 cm³/mol. The zero-order valence-electron chi connectivity index (χ0n) is 9.82. The first-order valence-corrected chi connectivity index (χ1v) is 5.75. The molecule has 84 valence electrons. The number of aliphatic imine (C=N–C) groups is 1. The van der Waals surface area contributed by atoms with E-state index < -0.39 is 0 Å². The molecule has 1 heterocycles. The average molecular weight is 214 g/mol. The van der Waals surface area contributed by atoms with Crippen LogP contribution in [0.2, 0.25) is 0 Å². The van der Waals surface area contributed by atoms with Crippen molar-refractivity contribution in [1.29, 1.82) is 0 Å². The Morgan fingerprint density at radius 2 is 2.38 bits per heavy atom. The summed E-state index contributed by atoms with van der Waals surface area (Å²) in [5, 5.41) is 0. The van der Waals surface area contributed by atoms with Gasteiger partial charge in [0.2, 0.25) is 0 Å². The van der Waals surface area contributed by atoms with Crippen LogP contribution in [0.4, 0.5) is 5.69 Å². The molecule has 2 heteroatoms. The van der Waals surface area contributed by atoms with Crippen LogP contribution in [0.5, 0.6) is 0 Å². The monoisotopic (exact) mass is 214 g/mol. The summed E-state index contributed by atoms with van der Waals surface area (Å²) >= 11 is 0. The highest BCUT2D eigenvalue weighted by Gasteiger charge is 2.13. The molecule has 0 N–H and O–H groups in total. The van der Waals surface area contributed by atoms with Crippen LogP contribution in [-0.2, 0) is 13.0 Å². The molecule has 0 aliphatic carbocycles. The average Bonchev–Trinajstić information content (AvgIpc) is 2.30. The summed E-state index contributed by atoms with van der Waals surface area (Å²) in [5.41, 5.74) is 4.12. The third kappa shape index (κ3) is 2.32. The van der Waals surface area contributed by atoms with Gasteiger partial charge in [-0.25, -0.2) is 0 Å². The molecule has 16 heavy (non-hydrogen) atoms. The molecule has 0 bridgehead atoms. The van der Waals surface area contributed by atoms with Gasteiger partial charge in [-0.3, -0.25) is 4.99 Å². The zero-order chi connectivity index (χ0) is 11.4. The Morgan fingerprint density at radius 3 is 3.19 bits per heavy atom. The lowest BCUT2D eigenvalue weighted by Gasteiger charge is -2.27. The van der Waals surface area contributed by atoms with E-state index in [4.69, 9.17) is 0 Å². The first-order valence-electron chi connectivity index (χ1n) is 5.75. The third-order valence-corrected chi connectivity index (χ3v) is 2.98. The third-order valence-electron chi connectivity index (χ3n) is 2.98. The van der Waals surface area contributed by atoms with Crippen molar-refractivity contribution in [2.75, 3.05) is 18.5 Å². The molecule has 0 aromatic heterocycles. The van der Waals surface area contributed by atoms with E-state index in [-0.39, 0.29) is 0 Å². The van der Waals surface area contributed by atoms with E-state index in [9.17, 15) is 0 Å². The van der Waals surface area contributed by atoms with Crippen LogP contribution in [0, 0.1) is 0 Å².